The molecule has 2 aromatic carbocycles. The van der Waals surface area contributed by atoms with E-state index in [1.54, 1.807) is 7.11 Å². The zero-order valence-corrected chi connectivity index (χ0v) is 14.1. The fourth-order valence-electron chi connectivity index (χ4n) is 1.86. The molecule has 20 heavy (non-hydrogen) atoms. The van der Waals surface area contributed by atoms with Gasteiger partial charge in [0.2, 0.25) is 0 Å². The Bertz CT molecular complexity index is 563. The average molecular weight is 376 g/mol. The van der Waals surface area contributed by atoms with E-state index in [4.69, 9.17) is 16.3 Å². The van der Waals surface area contributed by atoms with Crippen molar-refractivity contribution in [2.45, 2.75) is 13.1 Å². The van der Waals surface area contributed by atoms with Gasteiger partial charge in [0.05, 0.1) is 7.11 Å². The largest absolute Gasteiger partial charge is 1.00 e. The van der Waals surface area contributed by atoms with E-state index < -0.39 is 0 Å². The lowest BCUT2D eigenvalue weighted by atomic mass is 10.2. The molecule has 108 valence electrons. The molecule has 0 fully saturated rings. The van der Waals surface area contributed by atoms with Crippen LogP contribution in [0.3, 0.4) is 0 Å². The van der Waals surface area contributed by atoms with Crippen molar-refractivity contribution in [2.75, 3.05) is 7.11 Å². The highest BCUT2D eigenvalue weighted by atomic mass is 79.9. The third-order valence-electron chi connectivity index (χ3n) is 2.83. The van der Waals surface area contributed by atoms with Gasteiger partial charge in [-0.1, -0.05) is 45.7 Å². The maximum absolute atomic E-state index is 6.12. The third kappa shape index (κ3) is 4.67. The number of nitrogens with one attached hydrogen (secondary N) is 1. The van der Waals surface area contributed by atoms with Crippen LogP contribution in [0.1, 0.15) is 11.1 Å². The molecule has 0 unspecified atom stereocenters. The number of hydrogen-bond acceptors (Lipinski definition) is 2. The Morgan fingerprint density at radius 2 is 1.80 bits per heavy atom. The Kier molecular flexibility index (Phi) is 7.38. The van der Waals surface area contributed by atoms with E-state index in [9.17, 15) is 0 Å². The van der Waals surface area contributed by atoms with Gasteiger partial charge in [0, 0.05) is 28.1 Å². The minimum atomic E-state index is 0. The first-order valence-corrected chi connectivity index (χ1v) is 7.14. The van der Waals surface area contributed by atoms with Gasteiger partial charge in [-0.15, -0.1) is 0 Å². The van der Waals surface area contributed by atoms with Gasteiger partial charge in [0.15, 0.2) is 0 Å². The van der Waals surface area contributed by atoms with Gasteiger partial charge in [-0.2, -0.15) is 0 Å². The molecule has 2 aromatic rings. The summed E-state index contributed by atoms with van der Waals surface area (Å²) < 4.78 is 6.38. The van der Waals surface area contributed by atoms with Crippen molar-refractivity contribution in [1.29, 1.82) is 0 Å². The van der Waals surface area contributed by atoms with Gasteiger partial charge in [-0.25, -0.2) is 0 Å². The van der Waals surface area contributed by atoms with Gasteiger partial charge < -0.3 is 22.5 Å². The molecule has 2 nitrogen and oxygen atoms in total. The fourth-order valence-corrected chi connectivity index (χ4v) is 2.47. The van der Waals surface area contributed by atoms with E-state index in [2.05, 4.69) is 27.3 Å². The first-order chi connectivity index (χ1) is 9.20. The molecule has 0 aliphatic heterocycles. The van der Waals surface area contributed by atoms with E-state index in [0.717, 1.165) is 39.5 Å². The molecule has 2 rings (SSSR count). The van der Waals surface area contributed by atoms with Crippen molar-refractivity contribution in [1.82, 2.24) is 5.32 Å². The maximum atomic E-state index is 6.12. The van der Waals surface area contributed by atoms with Crippen molar-refractivity contribution in [3.8, 4) is 5.75 Å². The second-order valence-electron chi connectivity index (χ2n) is 4.15. The maximum Gasteiger partial charge on any atom is 0.123 e. The minimum absolute atomic E-state index is 0. The summed E-state index contributed by atoms with van der Waals surface area (Å²) in [6.07, 6.45) is 0. The molecule has 0 bridgehead atoms. The SMILES string of the molecule is COc1ccc(Br)cc1CNCc1ccccc1Cl.[Cl-]. The van der Waals surface area contributed by atoms with Gasteiger partial charge in [0.25, 0.3) is 0 Å². The summed E-state index contributed by atoms with van der Waals surface area (Å²) >= 11 is 9.59. The van der Waals surface area contributed by atoms with Gasteiger partial charge >= 0.3 is 0 Å². The zero-order valence-electron chi connectivity index (χ0n) is 11.0. The Morgan fingerprint density at radius 1 is 1.10 bits per heavy atom. The van der Waals surface area contributed by atoms with Crippen LogP contribution in [-0.4, -0.2) is 7.11 Å². The molecule has 0 saturated heterocycles. The molecule has 5 heteroatoms. The second-order valence-corrected chi connectivity index (χ2v) is 5.47. The highest BCUT2D eigenvalue weighted by Gasteiger charge is 2.04. The van der Waals surface area contributed by atoms with Crippen LogP contribution >= 0.6 is 27.5 Å². The molecule has 0 saturated carbocycles. The van der Waals surface area contributed by atoms with Gasteiger partial charge in [0.1, 0.15) is 5.75 Å². The van der Waals surface area contributed by atoms with Crippen molar-refractivity contribution in [2.24, 2.45) is 0 Å². The third-order valence-corrected chi connectivity index (χ3v) is 3.69. The molecule has 0 aliphatic rings. The van der Waals surface area contributed by atoms with Gasteiger partial charge in [-0.05, 0) is 29.8 Å². The van der Waals surface area contributed by atoms with Crippen LogP contribution in [0.5, 0.6) is 5.75 Å². The molecule has 0 aliphatic carbocycles. The molecule has 0 atom stereocenters. The number of benzene rings is 2. The van der Waals surface area contributed by atoms with Crippen LogP contribution in [-0.2, 0) is 13.1 Å². The number of rotatable bonds is 5. The van der Waals surface area contributed by atoms with Gasteiger partial charge in [-0.3, -0.25) is 0 Å². The molecule has 0 radical (unpaired) electrons. The van der Waals surface area contributed by atoms with E-state index in [-0.39, 0.29) is 12.4 Å². The topological polar surface area (TPSA) is 21.3 Å². The van der Waals surface area contributed by atoms with E-state index in [1.165, 1.54) is 0 Å². The van der Waals surface area contributed by atoms with Crippen molar-refractivity contribution >= 4 is 27.5 Å². The van der Waals surface area contributed by atoms with Crippen LogP contribution in [0, 0.1) is 0 Å². The highest BCUT2D eigenvalue weighted by molar-refractivity contribution is 9.10. The fraction of sp³-hybridized carbons (Fsp3) is 0.200. The zero-order chi connectivity index (χ0) is 13.7. The van der Waals surface area contributed by atoms with Crippen molar-refractivity contribution < 1.29 is 17.1 Å². The molecular formula is C15H15BrCl2NO-. The summed E-state index contributed by atoms with van der Waals surface area (Å²) in [7, 11) is 1.68. The lowest BCUT2D eigenvalue weighted by Crippen LogP contribution is -3.00. The molecule has 1 N–H and O–H groups in total. The van der Waals surface area contributed by atoms with Crippen molar-refractivity contribution in [3.63, 3.8) is 0 Å². The van der Waals surface area contributed by atoms with E-state index in [0.29, 0.717) is 0 Å². The Morgan fingerprint density at radius 3 is 2.50 bits per heavy atom. The van der Waals surface area contributed by atoms with Crippen LogP contribution in [0.4, 0.5) is 0 Å². The van der Waals surface area contributed by atoms with Crippen LogP contribution in [0.15, 0.2) is 46.9 Å². The Balaban J connectivity index is 0.00000200. The first kappa shape index (κ1) is 17.3. The predicted molar refractivity (Wildman–Crippen MR) is 82.7 cm³/mol. The Labute approximate surface area is 139 Å². The van der Waals surface area contributed by atoms with Crippen LogP contribution in [0.2, 0.25) is 5.02 Å². The number of ether oxygens (including phenoxy) is 1. The first-order valence-electron chi connectivity index (χ1n) is 5.97. The summed E-state index contributed by atoms with van der Waals surface area (Å²) in [6, 6.07) is 13.8. The molecule has 0 heterocycles. The smallest absolute Gasteiger partial charge is 0.123 e. The number of hydrogen-bond donors (Lipinski definition) is 1. The molecule has 0 amide bonds. The van der Waals surface area contributed by atoms with E-state index in [1.807, 2.05) is 36.4 Å². The predicted octanol–water partition coefficient (Wildman–Crippen LogP) is 1.40. The highest BCUT2D eigenvalue weighted by Crippen LogP contribution is 2.23. The lowest BCUT2D eigenvalue weighted by molar-refractivity contribution is -0.00000394. The summed E-state index contributed by atoms with van der Waals surface area (Å²) in [4.78, 5) is 0. The standard InChI is InChI=1S/C15H15BrClNO.ClH/c1-19-15-7-6-13(16)8-12(15)10-18-9-11-4-2-3-5-14(11)17;/h2-8,18H,9-10H2,1H3;1H/p-1. The van der Waals surface area contributed by atoms with Crippen molar-refractivity contribution in [3.05, 3.63) is 63.1 Å². The molecular weight excluding hydrogens is 361 g/mol. The number of halogens is 3. The summed E-state index contributed by atoms with van der Waals surface area (Å²) in [5.74, 6) is 0.884. The van der Waals surface area contributed by atoms with Crippen LogP contribution < -0.4 is 22.5 Å². The summed E-state index contributed by atoms with van der Waals surface area (Å²) in [5, 5.41) is 4.16. The molecule has 0 aromatic heterocycles. The van der Waals surface area contributed by atoms with Crippen LogP contribution in [0.25, 0.3) is 0 Å². The monoisotopic (exact) mass is 374 g/mol. The second kappa shape index (κ2) is 8.53. The summed E-state index contributed by atoms with van der Waals surface area (Å²) in [6.45, 7) is 1.46. The average Bonchev–Trinajstić information content (AvgIpc) is 2.41. The minimum Gasteiger partial charge on any atom is -1.00 e. The Hall–Kier alpha value is -0.740. The summed E-state index contributed by atoms with van der Waals surface area (Å²) in [5.41, 5.74) is 2.21. The number of methoxy groups -OCH3 is 1. The quantitative estimate of drug-likeness (QED) is 0.853. The lowest BCUT2D eigenvalue weighted by Gasteiger charge is -2.11. The molecule has 0 spiro atoms. The van der Waals surface area contributed by atoms with E-state index >= 15 is 0 Å². The normalized spacial score (nSPS) is 9.95.